The highest BCUT2D eigenvalue weighted by Crippen LogP contribution is 2.22. The molecule has 0 saturated heterocycles. The standard InChI is InChI=1S/C20H21N5O3/c1-12(2)18(20-21-13-6-3-4-7-14(13)22-20)23-16(26)9-10-17-24-19(25-28-17)15-8-5-11-27-15/h3-8,11-12,18H,9-10H2,1-2H3,(H,21,22)(H,23,26). The maximum atomic E-state index is 12.5. The Morgan fingerprint density at radius 1 is 1.18 bits per heavy atom. The number of hydrogen-bond donors (Lipinski definition) is 2. The molecule has 4 aromatic rings. The zero-order chi connectivity index (χ0) is 19.5. The van der Waals surface area contributed by atoms with Gasteiger partial charge in [0.05, 0.1) is 23.3 Å². The molecular formula is C20H21N5O3. The smallest absolute Gasteiger partial charge is 0.238 e. The Bertz CT molecular complexity index is 1030. The van der Waals surface area contributed by atoms with Crippen LogP contribution in [-0.2, 0) is 11.2 Å². The number of benzene rings is 1. The van der Waals surface area contributed by atoms with E-state index in [1.165, 1.54) is 0 Å². The second kappa shape index (κ2) is 7.67. The SMILES string of the molecule is CC(C)C(NC(=O)CCc1nc(-c2ccco2)no1)c1nc2ccccc2[nH]1. The Morgan fingerprint density at radius 2 is 2.04 bits per heavy atom. The summed E-state index contributed by atoms with van der Waals surface area (Å²) in [6.45, 7) is 4.09. The number of rotatable bonds is 7. The third-order valence-corrected chi connectivity index (χ3v) is 4.46. The number of fused-ring (bicyclic) bond motifs is 1. The van der Waals surface area contributed by atoms with Gasteiger partial charge in [0.15, 0.2) is 5.76 Å². The molecule has 1 atom stereocenters. The predicted octanol–water partition coefficient (Wildman–Crippen LogP) is 3.65. The molecule has 0 saturated carbocycles. The minimum atomic E-state index is -0.207. The molecule has 28 heavy (non-hydrogen) atoms. The Labute approximate surface area is 161 Å². The predicted molar refractivity (Wildman–Crippen MR) is 102 cm³/mol. The molecule has 3 aromatic heterocycles. The molecule has 0 aliphatic heterocycles. The van der Waals surface area contributed by atoms with E-state index in [4.69, 9.17) is 8.94 Å². The zero-order valence-corrected chi connectivity index (χ0v) is 15.7. The van der Waals surface area contributed by atoms with Gasteiger partial charge in [-0.1, -0.05) is 31.1 Å². The van der Waals surface area contributed by atoms with Crippen LogP contribution < -0.4 is 5.32 Å². The number of furan rings is 1. The summed E-state index contributed by atoms with van der Waals surface area (Å²) in [6, 6.07) is 11.1. The number of aromatic nitrogens is 4. The van der Waals surface area contributed by atoms with E-state index in [-0.39, 0.29) is 24.3 Å². The first-order valence-electron chi connectivity index (χ1n) is 9.20. The summed E-state index contributed by atoms with van der Waals surface area (Å²) in [5.41, 5.74) is 1.84. The highest BCUT2D eigenvalue weighted by atomic mass is 16.5. The number of carbonyl (C=O) groups excluding carboxylic acids is 1. The fourth-order valence-corrected chi connectivity index (χ4v) is 3.00. The summed E-state index contributed by atoms with van der Waals surface area (Å²) in [5.74, 6) is 2.14. The molecule has 1 unspecified atom stereocenters. The van der Waals surface area contributed by atoms with Gasteiger partial charge < -0.3 is 19.2 Å². The van der Waals surface area contributed by atoms with Gasteiger partial charge in [0, 0.05) is 12.8 Å². The Kier molecular flexibility index (Phi) is 4.92. The highest BCUT2D eigenvalue weighted by molar-refractivity contribution is 5.77. The number of nitrogens with zero attached hydrogens (tertiary/aromatic N) is 3. The van der Waals surface area contributed by atoms with Crippen molar-refractivity contribution in [3.63, 3.8) is 0 Å². The van der Waals surface area contributed by atoms with Crippen molar-refractivity contribution in [2.75, 3.05) is 0 Å². The number of carbonyl (C=O) groups is 1. The van der Waals surface area contributed by atoms with Crippen LogP contribution in [0.3, 0.4) is 0 Å². The fourth-order valence-electron chi connectivity index (χ4n) is 3.00. The van der Waals surface area contributed by atoms with Crippen molar-refractivity contribution in [2.45, 2.75) is 32.7 Å². The summed E-state index contributed by atoms with van der Waals surface area (Å²) in [7, 11) is 0. The number of aryl methyl sites for hydroxylation is 1. The summed E-state index contributed by atoms with van der Waals surface area (Å²) in [5, 5.41) is 6.93. The van der Waals surface area contributed by atoms with Gasteiger partial charge in [-0.3, -0.25) is 4.79 Å². The number of amides is 1. The molecule has 8 nitrogen and oxygen atoms in total. The van der Waals surface area contributed by atoms with E-state index in [1.54, 1.807) is 18.4 Å². The van der Waals surface area contributed by atoms with Gasteiger partial charge in [0.25, 0.3) is 0 Å². The van der Waals surface area contributed by atoms with Crippen LogP contribution in [0.2, 0.25) is 0 Å². The van der Waals surface area contributed by atoms with E-state index >= 15 is 0 Å². The molecule has 2 N–H and O–H groups in total. The van der Waals surface area contributed by atoms with Crippen LogP contribution in [0.25, 0.3) is 22.6 Å². The van der Waals surface area contributed by atoms with Crippen molar-refractivity contribution >= 4 is 16.9 Å². The van der Waals surface area contributed by atoms with E-state index in [2.05, 4.69) is 25.4 Å². The molecule has 1 aromatic carbocycles. The second-order valence-electron chi connectivity index (χ2n) is 6.92. The Balaban J connectivity index is 1.40. The van der Waals surface area contributed by atoms with Gasteiger partial charge in [-0.2, -0.15) is 4.98 Å². The molecule has 0 radical (unpaired) electrons. The maximum absolute atomic E-state index is 12.5. The first-order chi connectivity index (χ1) is 13.6. The molecular weight excluding hydrogens is 358 g/mol. The van der Waals surface area contributed by atoms with E-state index in [0.717, 1.165) is 16.9 Å². The van der Waals surface area contributed by atoms with E-state index < -0.39 is 0 Å². The summed E-state index contributed by atoms with van der Waals surface area (Å²) >= 11 is 0. The lowest BCUT2D eigenvalue weighted by Crippen LogP contribution is -2.32. The fraction of sp³-hybridized carbons (Fsp3) is 0.300. The van der Waals surface area contributed by atoms with Crippen molar-refractivity contribution < 1.29 is 13.7 Å². The largest absolute Gasteiger partial charge is 0.461 e. The van der Waals surface area contributed by atoms with Gasteiger partial charge >= 0.3 is 0 Å². The molecule has 0 bridgehead atoms. The van der Waals surface area contributed by atoms with Crippen molar-refractivity contribution in [3.05, 3.63) is 54.4 Å². The van der Waals surface area contributed by atoms with Gasteiger partial charge in [-0.15, -0.1) is 0 Å². The topological polar surface area (TPSA) is 110 Å². The second-order valence-corrected chi connectivity index (χ2v) is 6.92. The van der Waals surface area contributed by atoms with E-state index in [0.29, 0.717) is 23.9 Å². The third-order valence-electron chi connectivity index (χ3n) is 4.46. The normalized spacial score (nSPS) is 12.5. The van der Waals surface area contributed by atoms with Gasteiger partial charge in [0.1, 0.15) is 5.82 Å². The third kappa shape index (κ3) is 3.80. The minimum Gasteiger partial charge on any atom is -0.461 e. The lowest BCUT2D eigenvalue weighted by molar-refractivity contribution is -0.122. The van der Waals surface area contributed by atoms with Gasteiger partial charge in [-0.05, 0) is 30.2 Å². The number of imidazole rings is 1. The maximum Gasteiger partial charge on any atom is 0.238 e. The Morgan fingerprint density at radius 3 is 2.79 bits per heavy atom. The Hall–Kier alpha value is -3.42. The number of H-pyrrole nitrogens is 1. The van der Waals surface area contributed by atoms with Crippen molar-refractivity contribution in [3.8, 4) is 11.6 Å². The average Bonchev–Trinajstić information content (AvgIpc) is 3.43. The van der Waals surface area contributed by atoms with E-state index in [1.807, 2.05) is 38.1 Å². The lowest BCUT2D eigenvalue weighted by Gasteiger charge is -2.20. The molecule has 144 valence electrons. The van der Waals surface area contributed by atoms with Crippen LogP contribution in [0, 0.1) is 5.92 Å². The number of nitrogens with one attached hydrogen (secondary N) is 2. The zero-order valence-electron chi connectivity index (χ0n) is 15.7. The van der Waals surface area contributed by atoms with Gasteiger partial charge in [0.2, 0.25) is 17.6 Å². The quantitative estimate of drug-likeness (QED) is 0.507. The molecule has 3 heterocycles. The first-order valence-corrected chi connectivity index (χ1v) is 9.20. The summed E-state index contributed by atoms with van der Waals surface area (Å²) < 4.78 is 10.4. The molecule has 0 fully saturated rings. The van der Waals surface area contributed by atoms with Crippen LogP contribution in [0.5, 0.6) is 0 Å². The van der Waals surface area contributed by atoms with E-state index in [9.17, 15) is 4.79 Å². The number of hydrogen-bond acceptors (Lipinski definition) is 6. The summed E-state index contributed by atoms with van der Waals surface area (Å²) in [6.07, 6.45) is 2.14. The lowest BCUT2D eigenvalue weighted by atomic mass is 10.0. The number of aromatic amines is 1. The average molecular weight is 379 g/mol. The highest BCUT2D eigenvalue weighted by Gasteiger charge is 2.22. The van der Waals surface area contributed by atoms with Crippen molar-refractivity contribution in [1.82, 2.24) is 25.4 Å². The monoisotopic (exact) mass is 379 g/mol. The van der Waals surface area contributed by atoms with Crippen LogP contribution >= 0.6 is 0 Å². The van der Waals surface area contributed by atoms with Crippen molar-refractivity contribution in [2.24, 2.45) is 5.92 Å². The molecule has 8 heteroatoms. The minimum absolute atomic E-state index is 0.100. The molecule has 4 rings (SSSR count). The van der Waals surface area contributed by atoms with Crippen LogP contribution in [-0.4, -0.2) is 26.0 Å². The van der Waals surface area contributed by atoms with Crippen LogP contribution in [0.15, 0.2) is 51.6 Å². The first kappa shape index (κ1) is 18.0. The number of para-hydroxylation sites is 2. The van der Waals surface area contributed by atoms with Crippen LogP contribution in [0.1, 0.15) is 38.0 Å². The van der Waals surface area contributed by atoms with Gasteiger partial charge in [-0.25, -0.2) is 4.98 Å². The molecule has 1 amide bonds. The molecule has 0 spiro atoms. The molecule has 0 aliphatic rings. The molecule has 0 aliphatic carbocycles. The van der Waals surface area contributed by atoms with Crippen molar-refractivity contribution in [1.29, 1.82) is 0 Å². The van der Waals surface area contributed by atoms with Crippen LogP contribution in [0.4, 0.5) is 0 Å². The summed E-state index contributed by atoms with van der Waals surface area (Å²) in [4.78, 5) is 24.7.